The number of primary sulfonamides is 1. The van der Waals surface area contributed by atoms with Gasteiger partial charge in [0.05, 0.1) is 29.1 Å². The van der Waals surface area contributed by atoms with E-state index in [1.165, 1.54) is 6.07 Å². The maximum atomic E-state index is 11.4. The van der Waals surface area contributed by atoms with Gasteiger partial charge in [-0.2, -0.15) is 0 Å². The summed E-state index contributed by atoms with van der Waals surface area (Å²) < 4.78 is 28.0. The van der Waals surface area contributed by atoms with Crippen molar-refractivity contribution in [3.63, 3.8) is 0 Å². The Morgan fingerprint density at radius 3 is 2.76 bits per heavy atom. The molecule has 0 fully saturated rings. The fourth-order valence-electron chi connectivity index (χ4n) is 1.88. The Labute approximate surface area is 126 Å². The molecule has 1 aliphatic rings. The fourth-order valence-corrected chi connectivity index (χ4v) is 2.98. The highest BCUT2D eigenvalue weighted by Crippen LogP contribution is 2.28. The maximum absolute atomic E-state index is 11.4. The molecule has 0 aromatic heterocycles. The van der Waals surface area contributed by atoms with Crippen LogP contribution in [0, 0.1) is 0 Å². The molecule has 0 amide bonds. The van der Waals surface area contributed by atoms with E-state index in [-0.39, 0.29) is 22.4 Å². The molecule has 0 radical (unpaired) electrons. The number of sulfonamides is 1. The van der Waals surface area contributed by atoms with Crippen molar-refractivity contribution in [3.8, 4) is 0 Å². The lowest BCUT2D eigenvalue weighted by molar-refractivity contribution is 0.0697. The van der Waals surface area contributed by atoms with Gasteiger partial charge < -0.3 is 15.2 Å². The average molecular weight is 333 g/mol. The van der Waals surface area contributed by atoms with Crippen LogP contribution >= 0.6 is 11.6 Å². The molecule has 0 spiro atoms. The molecular weight excluding hydrogens is 320 g/mol. The van der Waals surface area contributed by atoms with E-state index in [9.17, 15) is 18.3 Å². The van der Waals surface area contributed by atoms with Crippen LogP contribution < -0.4 is 10.5 Å². The highest BCUT2D eigenvalue weighted by molar-refractivity contribution is 7.89. The second-order valence-electron chi connectivity index (χ2n) is 4.42. The molecule has 0 saturated carbocycles. The molecule has 1 aliphatic heterocycles. The van der Waals surface area contributed by atoms with E-state index in [2.05, 4.69) is 5.32 Å². The van der Waals surface area contributed by atoms with Crippen LogP contribution in [-0.4, -0.2) is 32.1 Å². The van der Waals surface area contributed by atoms with E-state index in [0.717, 1.165) is 6.07 Å². The molecule has 0 saturated heterocycles. The van der Waals surface area contributed by atoms with Crippen LogP contribution in [-0.2, 0) is 14.8 Å². The van der Waals surface area contributed by atoms with Crippen LogP contribution in [0.2, 0.25) is 5.02 Å². The van der Waals surface area contributed by atoms with Gasteiger partial charge in [-0.1, -0.05) is 11.6 Å². The van der Waals surface area contributed by atoms with Gasteiger partial charge >= 0.3 is 5.97 Å². The average Bonchev–Trinajstić information content (AvgIpc) is 2.87. The molecule has 1 atom stereocenters. The first-order chi connectivity index (χ1) is 9.79. The van der Waals surface area contributed by atoms with E-state index >= 15 is 0 Å². The topological polar surface area (TPSA) is 119 Å². The number of halogens is 1. The standard InChI is InChI=1S/C12H13ClN2O5S/c13-9-5-10(15-6-7-2-1-3-20-7)8(12(16)17)4-11(9)21(14,18)19/h1,3-5,7,15H,2,6H2,(H,16,17)(H2,14,18,19). The van der Waals surface area contributed by atoms with E-state index in [4.69, 9.17) is 21.5 Å². The summed E-state index contributed by atoms with van der Waals surface area (Å²) in [6.07, 6.45) is 4.02. The Bertz CT molecular complexity index is 694. The van der Waals surface area contributed by atoms with Crippen LogP contribution in [0.4, 0.5) is 5.69 Å². The van der Waals surface area contributed by atoms with E-state index in [1.54, 1.807) is 6.26 Å². The third-order valence-electron chi connectivity index (χ3n) is 2.90. The number of aromatic carboxylic acids is 1. The summed E-state index contributed by atoms with van der Waals surface area (Å²) in [5, 5.41) is 16.9. The highest BCUT2D eigenvalue weighted by Gasteiger charge is 2.21. The van der Waals surface area contributed by atoms with Crippen molar-refractivity contribution in [1.82, 2.24) is 0 Å². The minimum Gasteiger partial charge on any atom is -0.496 e. The summed E-state index contributed by atoms with van der Waals surface area (Å²) in [4.78, 5) is 10.8. The van der Waals surface area contributed by atoms with Crippen molar-refractivity contribution in [2.75, 3.05) is 11.9 Å². The van der Waals surface area contributed by atoms with Gasteiger partial charge in [-0.25, -0.2) is 18.4 Å². The van der Waals surface area contributed by atoms with Gasteiger partial charge in [0.2, 0.25) is 10.0 Å². The SMILES string of the molecule is NS(=O)(=O)c1cc(C(=O)O)c(NCC2CC=CO2)cc1Cl. The van der Waals surface area contributed by atoms with Gasteiger partial charge in [-0.15, -0.1) is 0 Å². The zero-order valence-corrected chi connectivity index (χ0v) is 12.3. The van der Waals surface area contributed by atoms with Gasteiger partial charge in [0, 0.05) is 6.42 Å². The molecule has 114 valence electrons. The molecule has 21 heavy (non-hydrogen) atoms. The second kappa shape index (κ2) is 5.92. The highest BCUT2D eigenvalue weighted by atomic mass is 35.5. The van der Waals surface area contributed by atoms with Crippen LogP contribution in [0.1, 0.15) is 16.8 Å². The number of nitrogens with one attached hydrogen (secondary N) is 1. The van der Waals surface area contributed by atoms with Crippen molar-refractivity contribution in [1.29, 1.82) is 0 Å². The van der Waals surface area contributed by atoms with Crippen molar-refractivity contribution >= 4 is 33.3 Å². The number of rotatable bonds is 5. The Balaban J connectivity index is 2.31. The number of benzene rings is 1. The predicted molar refractivity (Wildman–Crippen MR) is 76.9 cm³/mol. The van der Waals surface area contributed by atoms with Crippen LogP contribution in [0.3, 0.4) is 0 Å². The monoisotopic (exact) mass is 332 g/mol. The zero-order valence-electron chi connectivity index (χ0n) is 10.7. The second-order valence-corrected chi connectivity index (χ2v) is 6.36. The number of hydrogen-bond donors (Lipinski definition) is 3. The lowest BCUT2D eigenvalue weighted by atomic mass is 10.1. The van der Waals surface area contributed by atoms with Crippen molar-refractivity contribution in [2.24, 2.45) is 5.14 Å². The maximum Gasteiger partial charge on any atom is 0.337 e. The first-order valence-electron chi connectivity index (χ1n) is 5.93. The van der Waals surface area contributed by atoms with E-state index in [0.29, 0.717) is 13.0 Å². The predicted octanol–water partition coefficient (Wildman–Crippen LogP) is 1.40. The van der Waals surface area contributed by atoms with Gasteiger partial charge in [-0.05, 0) is 18.2 Å². The summed E-state index contributed by atoms with van der Waals surface area (Å²) in [6, 6.07) is 2.17. The van der Waals surface area contributed by atoms with Crippen LogP contribution in [0.5, 0.6) is 0 Å². The molecular formula is C12H13ClN2O5S. The third kappa shape index (κ3) is 3.66. The summed E-state index contributed by atoms with van der Waals surface area (Å²) in [5.41, 5.74) is -0.0234. The van der Waals surface area contributed by atoms with Gasteiger partial charge in [0.15, 0.2) is 0 Å². The smallest absolute Gasteiger partial charge is 0.337 e. The fraction of sp³-hybridized carbons (Fsp3) is 0.250. The van der Waals surface area contributed by atoms with Gasteiger partial charge in [-0.3, -0.25) is 0 Å². The number of anilines is 1. The molecule has 1 heterocycles. The number of ether oxygens (including phenoxy) is 1. The number of carbonyl (C=O) groups is 1. The summed E-state index contributed by atoms with van der Waals surface area (Å²) >= 11 is 5.85. The number of carboxylic acid groups (broad SMARTS) is 1. The van der Waals surface area contributed by atoms with E-state index in [1.807, 2.05) is 6.08 Å². The normalized spacial score (nSPS) is 17.5. The minimum atomic E-state index is -4.09. The number of hydrogen-bond acceptors (Lipinski definition) is 5. The van der Waals surface area contributed by atoms with Crippen LogP contribution in [0.15, 0.2) is 29.4 Å². The molecule has 0 aliphatic carbocycles. The van der Waals surface area contributed by atoms with Crippen molar-refractivity contribution in [3.05, 3.63) is 35.1 Å². The first kappa shape index (κ1) is 15.6. The molecule has 1 aromatic carbocycles. The minimum absolute atomic E-state index is 0.108. The molecule has 9 heteroatoms. The molecule has 0 bridgehead atoms. The first-order valence-corrected chi connectivity index (χ1v) is 7.85. The Hall–Kier alpha value is -1.77. The van der Waals surface area contributed by atoms with Crippen molar-refractivity contribution < 1.29 is 23.1 Å². The molecule has 1 unspecified atom stereocenters. The van der Waals surface area contributed by atoms with E-state index < -0.39 is 20.9 Å². The van der Waals surface area contributed by atoms with Crippen LogP contribution in [0.25, 0.3) is 0 Å². The van der Waals surface area contributed by atoms with Crippen molar-refractivity contribution in [2.45, 2.75) is 17.4 Å². The summed E-state index contributed by atoms with van der Waals surface area (Å²) in [6.45, 7) is 0.359. The number of nitrogens with two attached hydrogens (primary N) is 1. The quantitative estimate of drug-likeness (QED) is 0.750. The zero-order chi connectivity index (χ0) is 15.6. The molecule has 1 aromatic rings. The summed E-state index contributed by atoms with van der Waals surface area (Å²) in [7, 11) is -4.09. The third-order valence-corrected chi connectivity index (χ3v) is 4.27. The molecule has 7 nitrogen and oxygen atoms in total. The van der Waals surface area contributed by atoms with Gasteiger partial charge in [0.1, 0.15) is 11.0 Å². The Kier molecular flexibility index (Phi) is 4.40. The number of carboxylic acids is 1. The lowest BCUT2D eigenvalue weighted by Crippen LogP contribution is -2.20. The Morgan fingerprint density at radius 2 is 2.24 bits per heavy atom. The van der Waals surface area contributed by atoms with Gasteiger partial charge in [0.25, 0.3) is 0 Å². The largest absolute Gasteiger partial charge is 0.496 e. The summed E-state index contributed by atoms with van der Waals surface area (Å²) in [5.74, 6) is -1.29. The Morgan fingerprint density at radius 1 is 1.52 bits per heavy atom. The molecule has 4 N–H and O–H groups in total. The molecule has 2 rings (SSSR count). The lowest BCUT2D eigenvalue weighted by Gasteiger charge is -2.15.